The van der Waals surface area contributed by atoms with E-state index < -0.39 is 0 Å². The third kappa shape index (κ3) is 6.97. The van der Waals surface area contributed by atoms with E-state index in [-0.39, 0.29) is 12.4 Å². The maximum absolute atomic E-state index is 12.6. The molecule has 1 aliphatic rings. The lowest BCUT2D eigenvalue weighted by Gasteiger charge is -2.40. The molecule has 0 amide bonds. The van der Waals surface area contributed by atoms with Crippen LogP contribution in [0.15, 0.2) is 48.5 Å². The zero-order chi connectivity index (χ0) is 28.0. The second-order valence-corrected chi connectivity index (χ2v) is 11.0. The van der Waals surface area contributed by atoms with E-state index in [0.29, 0.717) is 24.2 Å². The molecule has 1 aromatic heterocycles. The molecule has 1 fully saturated rings. The van der Waals surface area contributed by atoms with Crippen LogP contribution in [0.5, 0.6) is 5.75 Å². The van der Waals surface area contributed by atoms with Crippen LogP contribution >= 0.6 is 0 Å². The maximum atomic E-state index is 12.6. The second kappa shape index (κ2) is 12.3. The molecule has 0 unspecified atom stereocenters. The van der Waals surface area contributed by atoms with E-state index in [1.54, 1.807) is 0 Å². The van der Waals surface area contributed by atoms with Gasteiger partial charge in [-0.15, -0.1) is 0 Å². The van der Waals surface area contributed by atoms with E-state index in [2.05, 4.69) is 43.9 Å². The average molecular weight is 526 g/mol. The summed E-state index contributed by atoms with van der Waals surface area (Å²) >= 11 is 0. The van der Waals surface area contributed by atoms with Gasteiger partial charge in [-0.05, 0) is 74.4 Å². The number of benzene rings is 2. The van der Waals surface area contributed by atoms with Crippen molar-refractivity contribution >= 4 is 11.7 Å². The molecule has 0 aliphatic carbocycles. The summed E-state index contributed by atoms with van der Waals surface area (Å²) < 4.78 is 11.4. The summed E-state index contributed by atoms with van der Waals surface area (Å²) in [5, 5.41) is 8.97. The number of esters is 1. The summed E-state index contributed by atoms with van der Waals surface area (Å²) in [5.41, 5.74) is 8.14. The zero-order valence-electron chi connectivity index (χ0n) is 23.8. The molecule has 1 aliphatic heterocycles. The Morgan fingerprint density at radius 1 is 1.03 bits per heavy atom. The third-order valence-electron chi connectivity index (χ3n) is 7.60. The van der Waals surface area contributed by atoms with Gasteiger partial charge in [-0.2, -0.15) is 5.26 Å². The Labute approximate surface area is 232 Å². The molecule has 4 rings (SSSR count). The third-order valence-corrected chi connectivity index (χ3v) is 7.60. The lowest BCUT2D eigenvalue weighted by atomic mass is 9.82. The maximum Gasteiger partial charge on any atom is 0.310 e. The molecule has 0 bridgehead atoms. The number of rotatable bonds is 9. The monoisotopic (exact) mass is 525 g/mol. The summed E-state index contributed by atoms with van der Waals surface area (Å²) in [7, 11) is 0. The first kappa shape index (κ1) is 28.2. The molecule has 0 saturated carbocycles. The van der Waals surface area contributed by atoms with Gasteiger partial charge >= 0.3 is 5.97 Å². The molecular weight excluding hydrogens is 486 g/mol. The fourth-order valence-corrected chi connectivity index (χ4v) is 5.22. The molecule has 204 valence electrons. The highest BCUT2D eigenvalue weighted by atomic mass is 16.5. The van der Waals surface area contributed by atoms with Gasteiger partial charge in [0.15, 0.2) is 0 Å². The van der Waals surface area contributed by atoms with Crippen LogP contribution in [0.2, 0.25) is 0 Å². The summed E-state index contributed by atoms with van der Waals surface area (Å²) in [4.78, 5) is 19.9. The van der Waals surface area contributed by atoms with Crippen molar-refractivity contribution in [2.45, 2.75) is 60.3 Å². The van der Waals surface area contributed by atoms with E-state index in [1.807, 2.05) is 50.2 Å². The predicted octanol–water partition coefficient (Wildman–Crippen LogP) is 6.59. The Balaban J connectivity index is 1.60. The minimum absolute atomic E-state index is 0.214. The van der Waals surface area contributed by atoms with E-state index in [9.17, 15) is 4.79 Å². The Bertz CT molecular complexity index is 1330. The number of nitriles is 1. The number of aryl methyl sites for hydroxylation is 2. The summed E-state index contributed by atoms with van der Waals surface area (Å²) in [6.07, 6.45) is 3.17. The Morgan fingerprint density at radius 3 is 2.31 bits per heavy atom. The van der Waals surface area contributed by atoms with Crippen molar-refractivity contribution in [1.29, 1.82) is 5.26 Å². The highest BCUT2D eigenvalue weighted by Gasteiger charge is 2.30. The molecule has 0 spiro atoms. The summed E-state index contributed by atoms with van der Waals surface area (Å²) in [5.74, 6) is 0.583. The van der Waals surface area contributed by atoms with Crippen molar-refractivity contribution in [2.24, 2.45) is 5.41 Å². The van der Waals surface area contributed by atoms with Crippen molar-refractivity contribution in [3.8, 4) is 22.9 Å². The van der Waals surface area contributed by atoms with E-state index in [0.717, 1.165) is 77.4 Å². The lowest BCUT2D eigenvalue weighted by molar-refractivity contribution is -0.142. The molecule has 0 atom stereocenters. The van der Waals surface area contributed by atoms with Crippen molar-refractivity contribution in [1.82, 2.24) is 4.98 Å². The molecule has 39 heavy (non-hydrogen) atoms. The number of ether oxygens (including phenoxy) is 2. The van der Waals surface area contributed by atoms with Crippen LogP contribution in [0, 0.1) is 30.6 Å². The number of anilines is 1. The molecule has 1 saturated heterocycles. The van der Waals surface area contributed by atoms with Gasteiger partial charge in [0.2, 0.25) is 0 Å². The number of piperidine rings is 1. The number of hydrogen-bond donors (Lipinski definition) is 0. The number of pyridine rings is 1. The SMILES string of the molecule is CCOC(=O)Cc1c(C)nc(C)c(-c2ccc(OCCc3ccc(C#N)cc3)cc2)c1N1CCC(C)(C)CC1. The van der Waals surface area contributed by atoms with Crippen LogP contribution in [0.4, 0.5) is 5.69 Å². The van der Waals surface area contributed by atoms with Gasteiger partial charge in [-0.3, -0.25) is 9.78 Å². The molecule has 6 heteroatoms. The number of carbonyl (C=O) groups excluding carboxylic acids is 1. The molecule has 0 radical (unpaired) electrons. The highest BCUT2D eigenvalue weighted by molar-refractivity contribution is 5.87. The van der Waals surface area contributed by atoms with Crippen LogP contribution in [0.1, 0.15) is 61.7 Å². The fraction of sp³-hybridized carbons (Fsp3) is 0.424. The van der Waals surface area contributed by atoms with Crippen LogP contribution in [-0.4, -0.2) is 37.3 Å². The minimum Gasteiger partial charge on any atom is -0.493 e. The smallest absolute Gasteiger partial charge is 0.310 e. The highest BCUT2D eigenvalue weighted by Crippen LogP contribution is 2.41. The van der Waals surface area contributed by atoms with E-state index >= 15 is 0 Å². The number of nitrogens with zero attached hydrogens (tertiary/aromatic N) is 3. The van der Waals surface area contributed by atoms with Gasteiger partial charge in [0.25, 0.3) is 0 Å². The van der Waals surface area contributed by atoms with Gasteiger partial charge in [0, 0.05) is 42.0 Å². The second-order valence-electron chi connectivity index (χ2n) is 11.0. The van der Waals surface area contributed by atoms with Gasteiger partial charge in [-0.25, -0.2) is 0 Å². The average Bonchev–Trinajstić information content (AvgIpc) is 2.91. The summed E-state index contributed by atoms with van der Waals surface area (Å²) in [6, 6.07) is 17.9. The fourth-order valence-electron chi connectivity index (χ4n) is 5.22. The Hall–Kier alpha value is -3.85. The first-order valence-electron chi connectivity index (χ1n) is 13.8. The van der Waals surface area contributed by atoms with Crippen LogP contribution < -0.4 is 9.64 Å². The first-order chi connectivity index (χ1) is 18.7. The quantitative estimate of drug-likeness (QED) is 0.293. The first-order valence-corrected chi connectivity index (χ1v) is 13.8. The van der Waals surface area contributed by atoms with Crippen LogP contribution in [-0.2, 0) is 22.4 Å². The van der Waals surface area contributed by atoms with Crippen molar-refractivity contribution < 1.29 is 14.3 Å². The van der Waals surface area contributed by atoms with Crippen LogP contribution in [0.3, 0.4) is 0 Å². The van der Waals surface area contributed by atoms with Crippen molar-refractivity contribution in [2.75, 3.05) is 31.2 Å². The minimum atomic E-state index is -0.221. The molecule has 3 aromatic rings. The number of carbonyl (C=O) groups is 1. The largest absolute Gasteiger partial charge is 0.493 e. The van der Waals surface area contributed by atoms with Gasteiger partial charge in [-0.1, -0.05) is 38.1 Å². The zero-order valence-corrected chi connectivity index (χ0v) is 23.8. The Morgan fingerprint density at radius 2 is 1.69 bits per heavy atom. The summed E-state index contributed by atoms with van der Waals surface area (Å²) in [6.45, 7) is 13.3. The van der Waals surface area contributed by atoms with Gasteiger partial charge in [0.1, 0.15) is 5.75 Å². The molecule has 2 aromatic carbocycles. The van der Waals surface area contributed by atoms with Crippen LogP contribution in [0.25, 0.3) is 11.1 Å². The number of hydrogen-bond acceptors (Lipinski definition) is 6. The predicted molar refractivity (Wildman–Crippen MR) is 155 cm³/mol. The topological polar surface area (TPSA) is 75.5 Å². The van der Waals surface area contributed by atoms with Gasteiger partial charge in [0.05, 0.1) is 37.0 Å². The van der Waals surface area contributed by atoms with E-state index in [1.165, 1.54) is 0 Å². The van der Waals surface area contributed by atoms with E-state index in [4.69, 9.17) is 19.7 Å². The van der Waals surface area contributed by atoms with Crippen molar-refractivity contribution in [3.05, 3.63) is 76.6 Å². The normalized spacial score (nSPS) is 14.5. The Kier molecular flexibility index (Phi) is 8.91. The molecular formula is C33H39N3O3. The molecule has 2 heterocycles. The molecule has 0 N–H and O–H groups in total. The molecule has 6 nitrogen and oxygen atoms in total. The number of aromatic nitrogens is 1. The van der Waals surface area contributed by atoms with Gasteiger partial charge < -0.3 is 14.4 Å². The standard InChI is InChI=1S/C33H39N3O3/c1-6-38-30(37)21-29-23(2)35-24(3)31(32(29)36-18-16-33(4,5)17-19-36)27-11-13-28(14-12-27)39-20-15-25-7-9-26(22-34)10-8-25/h7-14H,6,15-21H2,1-5H3. The van der Waals surface area contributed by atoms with Crippen molar-refractivity contribution in [3.63, 3.8) is 0 Å². The lowest BCUT2D eigenvalue weighted by Crippen LogP contribution is -2.38.